The van der Waals surface area contributed by atoms with E-state index in [0.717, 1.165) is 10.0 Å². The zero-order chi connectivity index (χ0) is 24.7. The first kappa shape index (κ1) is 25.4. The predicted octanol–water partition coefficient (Wildman–Crippen LogP) is 5.54. The number of ketones is 1. The van der Waals surface area contributed by atoms with Crippen molar-refractivity contribution in [2.45, 2.75) is 35.5 Å². The number of rotatable bonds is 5. The van der Waals surface area contributed by atoms with Gasteiger partial charge in [-0.2, -0.15) is 5.01 Å². The Labute approximate surface area is 223 Å². The van der Waals surface area contributed by atoms with E-state index in [4.69, 9.17) is 23.2 Å². The van der Waals surface area contributed by atoms with Crippen LogP contribution in [0.3, 0.4) is 0 Å². The van der Waals surface area contributed by atoms with E-state index in [9.17, 15) is 19.2 Å². The molecule has 0 N–H and O–H groups in total. The van der Waals surface area contributed by atoms with Crippen molar-refractivity contribution in [1.29, 1.82) is 0 Å². The van der Waals surface area contributed by atoms with Crippen molar-refractivity contribution in [3.05, 3.63) is 69.7 Å². The Morgan fingerprint density at radius 2 is 1.53 bits per heavy atom. The molecule has 0 spiro atoms. The number of hydrogen-bond donors (Lipinski definition) is 0. The molecule has 178 valence electrons. The highest BCUT2D eigenvalue weighted by Gasteiger charge is 2.55. The fraction of sp³-hybridized carbons (Fsp3) is 0.333. The van der Waals surface area contributed by atoms with E-state index >= 15 is 0 Å². The SMILES string of the molecule is C[C@H](C(=O)c1ccccc1)N(C(=O)c1ccc(Cl)cc1Cl)N1C(=O)[C@@H]2C[C@H](Br)[C@@H](Br)C[C@H]2C1=O. The Kier molecular flexibility index (Phi) is 7.53. The number of nitrogens with zero attached hydrogens (tertiary/aromatic N) is 2. The summed E-state index contributed by atoms with van der Waals surface area (Å²) >= 11 is 19.4. The van der Waals surface area contributed by atoms with Crippen LogP contribution in [0.5, 0.6) is 0 Å². The lowest BCUT2D eigenvalue weighted by atomic mass is 9.81. The first-order valence-electron chi connectivity index (χ1n) is 10.7. The van der Waals surface area contributed by atoms with Crippen molar-refractivity contribution in [3.8, 4) is 0 Å². The first-order chi connectivity index (χ1) is 16.1. The van der Waals surface area contributed by atoms with Crippen LogP contribution in [-0.2, 0) is 9.59 Å². The highest BCUT2D eigenvalue weighted by atomic mass is 79.9. The normalized spacial score (nSPS) is 25.1. The summed E-state index contributed by atoms with van der Waals surface area (Å²) in [7, 11) is 0. The fourth-order valence-corrected chi connectivity index (χ4v) is 6.20. The Morgan fingerprint density at radius 3 is 2.06 bits per heavy atom. The van der Waals surface area contributed by atoms with Gasteiger partial charge in [0.2, 0.25) is 0 Å². The second-order valence-corrected chi connectivity index (χ2v) is 11.6. The van der Waals surface area contributed by atoms with Gasteiger partial charge in [0.15, 0.2) is 5.78 Å². The molecule has 3 amide bonds. The highest BCUT2D eigenvalue weighted by molar-refractivity contribution is 9.12. The lowest BCUT2D eigenvalue weighted by molar-refractivity contribution is -0.156. The minimum Gasteiger partial charge on any atom is -0.292 e. The fourth-order valence-electron chi connectivity index (χ4n) is 4.47. The van der Waals surface area contributed by atoms with Crippen molar-refractivity contribution in [2.24, 2.45) is 11.8 Å². The molecule has 2 aromatic rings. The number of hydrazine groups is 1. The van der Waals surface area contributed by atoms with E-state index < -0.39 is 41.4 Å². The summed E-state index contributed by atoms with van der Waals surface area (Å²) < 4.78 is 0. The van der Waals surface area contributed by atoms with E-state index in [0.29, 0.717) is 23.4 Å². The van der Waals surface area contributed by atoms with Gasteiger partial charge in [-0.05, 0) is 38.0 Å². The number of amides is 3. The molecule has 5 atom stereocenters. The van der Waals surface area contributed by atoms with Crippen LogP contribution >= 0.6 is 55.1 Å². The van der Waals surface area contributed by atoms with Gasteiger partial charge < -0.3 is 0 Å². The number of Topliss-reactive ketones (excluding diaryl/α,β-unsaturated/α-hetero) is 1. The van der Waals surface area contributed by atoms with Gasteiger partial charge in [-0.15, -0.1) is 0 Å². The smallest absolute Gasteiger partial charge is 0.275 e. The van der Waals surface area contributed by atoms with Crippen LogP contribution in [0.25, 0.3) is 0 Å². The van der Waals surface area contributed by atoms with E-state index in [1.807, 2.05) is 0 Å². The zero-order valence-corrected chi connectivity index (χ0v) is 22.6. The van der Waals surface area contributed by atoms with E-state index in [-0.39, 0.29) is 20.2 Å². The highest BCUT2D eigenvalue weighted by Crippen LogP contribution is 2.44. The van der Waals surface area contributed by atoms with Crippen LogP contribution < -0.4 is 0 Å². The Morgan fingerprint density at radius 1 is 0.971 bits per heavy atom. The van der Waals surface area contributed by atoms with Gasteiger partial charge in [0, 0.05) is 20.2 Å². The summed E-state index contributed by atoms with van der Waals surface area (Å²) in [6.07, 6.45) is 0.874. The predicted molar refractivity (Wildman–Crippen MR) is 136 cm³/mol. The van der Waals surface area contributed by atoms with Crippen LogP contribution in [0.15, 0.2) is 48.5 Å². The molecule has 0 aromatic heterocycles. The van der Waals surface area contributed by atoms with E-state index in [1.165, 1.54) is 25.1 Å². The van der Waals surface area contributed by atoms with Crippen molar-refractivity contribution in [2.75, 3.05) is 0 Å². The van der Waals surface area contributed by atoms with E-state index in [2.05, 4.69) is 31.9 Å². The number of fused-ring (bicyclic) bond motifs is 1. The minimum absolute atomic E-state index is 0.00341. The lowest BCUT2D eigenvalue weighted by Crippen LogP contribution is -2.56. The molecule has 1 saturated heterocycles. The van der Waals surface area contributed by atoms with Crippen LogP contribution in [0.1, 0.15) is 40.5 Å². The summed E-state index contributed by atoms with van der Waals surface area (Å²) in [5.41, 5.74) is 0.388. The molecule has 34 heavy (non-hydrogen) atoms. The number of imide groups is 1. The number of carbonyl (C=O) groups excluding carboxylic acids is 4. The average Bonchev–Trinajstić information content (AvgIpc) is 3.04. The largest absolute Gasteiger partial charge is 0.292 e. The Balaban J connectivity index is 1.77. The molecule has 1 heterocycles. The van der Waals surface area contributed by atoms with Crippen molar-refractivity contribution in [3.63, 3.8) is 0 Å². The summed E-state index contributed by atoms with van der Waals surface area (Å²) in [6, 6.07) is 11.6. The number of benzene rings is 2. The van der Waals surface area contributed by atoms with Gasteiger partial charge in [0.05, 0.1) is 22.4 Å². The molecule has 10 heteroatoms. The second kappa shape index (κ2) is 10.1. The maximum Gasteiger partial charge on any atom is 0.275 e. The molecule has 1 aliphatic heterocycles. The summed E-state index contributed by atoms with van der Waals surface area (Å²) in [5, 5.41) is 2.20. The molecule has 0 unspecified atom stereocenters. The molecule has 2 fully saturated rings. The molecule has 0 radical (unpaired) electrons. The summed E-state index contributed by atoms with van der Waals surface area (Å²) in [4.78, 5) is 54.1. The van der Waals surface area contributed by atoms with Crippen molar-refractivity contribution < 1.29 is 19.2 Å². The Bertz CT molecular complexity index is 1130. The van der Waals surface area contributed by atoms with Gasteiger partial charge >= 0.3 is 0 Å². The average molecular weight is 631 g/mol. The maximum absolute atomic E-state index is 13.7. The molecule has 2 aromatic carbocycles. The van der Waals surface area contributed by atoms with Crippen LogP contribution in [0, 0.1) is 11.8 Å². The summed E-state index contributed by atoms with van der Waals surface area (Å²) in [5.74, 6) is -3.30. The number of carbonyl (C=O) groups is 4. The number of halogens is 4. The second-order valence-electron chi connectivity index (χ2n) is 8.38. The van der Waals surface area contributed by atoms with Crippen molar-refractivity contribution in [1.82, 2.24) is 10.0 Å². The minimum atomic E-state index is -1.14. The van der Waals surface area contributed by atoms with Gasteiger partial charge in [-0.25, -0.2) is 5.01 Å². The van der Waals surface area contributed by atoms with E-state index in [1.54, 1.807) is 30.3 Å². The van der Waals surface area contributed by atoms with Crippen LogP contribution in [0.2, 0.25) is 10.0 Å². The Hall–Kier alpha value is -1.74. The van der Waals surface area contributed by atoms with Crippen LogP contribution in [0.4, 0.5) is 0 Å². The van der Waals surface area contributed by atoms with Gasteiger partial charge in [0.25, 0.3) is 17.7 Å². The monoisotopic (exact) mass is 628 g/mol. The van der Waals surface area contributed by atoms with Crippen molar-refractivity contribution >= 4 is 78.6 Å². The quantitative estimate of drug-likeness (QED) is 0.247. The summed E-state index contributed by atoms with van der Waals surface area (Å²) in [6.45, 7) is 1.50. The molecular weight excluding hydrogens is 611 g/mol. The molecule has 0 bridgehead atoms. The number of alkyl halides is 2. The third-order valence-corrected chi connectivity index (χ3v) is 9.56. The van der Waals surface area contributed by atoms with Gasteiger partial charge in [-0.3, -0.25) is 19.2 Å². The molecule has 6 nitrogen and oxygen atoms in total. The molecule has 1 aliphatic carbocycles. The molecule has 4 rings (SSSR count). The third kappa shape index (κ3) is 4.57. The molecular formula is C24H20Br2Cl2N2O4. The van der Waals surface area contributed by atoms with Gasteiger partial charge in [-0.1, -0.05) is 85.4 Å². The zero-order valence-electron chi connectivity index (χ0n) is 18.0. The topological polar surface area (TPSA) is 74.8 Å². The maximum atomic E-state index is 13.7. The molecule has 2 aliphatic rings. The van der Waals surface area contributed by atoms with Gasteiger partial charge in [0.1, 0.15) is 6.04 Å². The number of hydrogen-bond acceptors (Lipinski definition) is 4. The molecule has 1 saturated carbocycles. The lowest BCUT2D eigenvalue weighted by Gasteiger charge is -2.35. The standard InChI is InChI=1S/C24H20Br2Cl2N2O4/c1-12(21(31)13-5-3-2-4-6-13)29(22(32)15-8-7-14(27)9-20(15)28)30-23(33)16-10-18(25)19(26)11-17(16)24(30)34/h2-9,12,16-19H,10-11H2,1H3/t12-,16-,17-,18+,19+/m1/s1. The third-order valence-electron chi connectivity index (χ3n) is 6.28. The first-order valence-corrected chi connectivity index (χ1v) is 13.2. The van der Waals surface area contributed by atoms with Crippen LogP contribution in [-0.4, -0.2) is 49.2 Å².